The third-order valence-electron chi connectivity index (χ3n) is 2.19. The number of unbranched alkanes of at least 4 members (excludes halogenated alkanes) is 5. The first-order valence-corrected chi connectivity index (χ1v) is 9.00. The van der Waals surface area contributed by atoms with Crippen LogP contribution in [0.4, 0.5) is 0 Å². The van der Waals surface area contributed by atoms with Gasteiger partial charge in [-0.3, -0.25) is 0 Å². The van der Waals surface area contributed by atoms with E-state index in [-0.39, 0.29) is 5.97 Å². The van der Waals surface area contributed by atoms with Crippen LogP contribution in [-0.4, -0.2) is 33.7 Å². The third-order valence-corrected chi connectivity index (χ3v) is 3.49. The van der Waals surface area contributed by atoms with E-state index in [4.69, 9.17) is 4.74 Å². The van der Waals surface area contributed by atoms with Crippen LogP contribution in [-0.2, 0) is 12.6 Å². The van der Waals surface area contributed by atoms with Crippen LogP contribution in [0.2, 0.25) is 4.44 Å². The molecule has 0 saturated carbocycles. The molecule has 1 radical (unpaired) electrons. The minimum atomic E-state index is -1.45. The summed E-state index contributed by atoms with van der Waals surface area (Å²) in [5, 5.41) is 0. The number of ether oxygens (including phenoxy) is 1. The van der Waals surface area contributed by atoms with E-state index >= 15 is 0 Å². The van der Waals surface area contributed by atoms with Crippen molar-refractivity contribution < 1.29 is 12.6 Å². The van der Waals surface area contributed by atoms with Gasteiger partial charge in [0.1, 0.15) is 0 Å². The Morgan fingerprint density at radius 3 is 2.47 bits per heavy atom. The molecule has 0 saturated heterocycles. The fourth-order valence-corrected chi connectivity index (χ4v) is 2.17. The summed E-state index contributed by atoms with van der Waals surface area (Å²) in [4.78, 5) is 11.0. The molecular formula is C11H21O3Sn. The average molecular weight is 320 g/mol. The van der Waals surface area contributed by atoms with Crippen LogP contribution in [0.15, 0.2) is 0 Å². The van der Waals surface area contributed by atoms with Crippen molar-refractivity contribution in [3.63, 3.8) is 0 Å². The maximum atomic E-state index is 11.0. The quantitative estimate of drug-likeness (QED) is 0.353. The molecule has 0 aliphatic carbocycles. The molecule has 15 heavy (non-hydrogen) atoms. The normalized spacial score (nSPS) is 9.93. The Morgan fingerprint density at radius 1 is 1.13 bits per heavy atom. The molecule has 0 aliphatic rings. The van der Waals surface area contributed by atoms with Gasteiger partial charge in [0.15, 0.2) is 0 Å². The summed E-state index contributed by atoms with van der Waals surface area (Å²) in [6, 6.07) is 0. The Kier molecular flexibility index (Phi) is 12.2. The molecule has 4 heteroatoms. The predicted molar refractivity (Wildman–Crippen MR) is 60.2 cm³/mol. The number of carbonyl (C=O) groups is 1. The van der Waals surface area contributed by atoms with E-state index in [9.17, 15) is 7.87 Å². The summed E-state index contributed by atoms with van der Waals surface area (Å²) < 4.78 is 15.8. The molecule has 0 aromatic carbocycles. The van der Waals surface area contributed by atoms with Crippen molar-refractivity contribution in [1.29, 1.82) is 0 Å². The van der Waals surface area contributed by atoms with Crippen molar-refractivity contribution in [2.75, 3.05) is 6.61 Å². The summed E-state index contributed by atoms with van der Waals surface area (Å²) in [5.41, 5.74) is 0. The number of esters is 1. The van der Waals surface area contributed by atoms with Crippen LogP contribution >= 0.6 is 0 Å². The van der Waals surface area contributed by atoms with Crippen molar-refractivity contribution in [2.45, 2.75) is 56.3 Å². The van der Waals surface area contributed by atoms with Gasteiger partial charge in [-0.1, -0.05) is 0 Å². The van der Waals surface area contributed by atoms with Gasteiger partial charge in [-0.2, -0.15) is 0 Å². The summed E-state index contributed by atoms with van der Waals surface area (Å²) in [6.45, 7) is 2.73. The number of hydrogen-bond donors (Lipinski definition) is 0. The molecule has 0 atom stereocenters. The van der Waals surface area contributed by atoms with Gasteiger partial charge in [0.2, 0.25) is 0 Å². The summed E-state index contributed by atoms with van der Waals surface area (Å²) in [6.07, 6.45) is 7.54. The third kappa shape index (κ3) is 12.0. The monoisotopic (exact) mass is 321 g/mol. The van der Waals surface area contributed by atoms with Crippen LogP contribution in [0.3, 0.4) is 0 Å². The van der Waals surface area contributed by atoms with Crippen molar-refractivity contribution in [1.82, 2.24) is 0 Å². The molecule has 0 aromatic heterocycles. The molecule has 0 bridgehead atoms. The second-order valence-corrected chi connectivity index (χ2v) is 5.88. The van der Waals surface area contributed by atoms with Gasteiger partial charge >= 0.3 is 103 Å². The van der Waals surface area contributed by atoms with Gasteiger partial charge in [0.05, 0.1) is 0 Å². The van der Waals surface area contributed by atoms with E-state index in [1.54, 1.807) is 0 Å². The van der Waals surface area contributed by atoms with Gasteiger partial charge < -0.3 is 0 Å². The average Bonchev–Trinajstić information content (AvgIpc) is 2.25. The van der Waals surface area contributed by atoms with Gasteiger partial charge in [-0.25, -0.2) is 0 Å². The molecule has 0 spiro atoms. The van der Waals surface area contributed by atoms with Gasteiger partial charge in [0.25, 0.3) is 0 Å². The molecule has 87 valence electrons. The van der Waals surface area contributed by atoms with Crippen LogP contribution in [0, 0.1) is 0 Å². The van der Waals surface area contributed by atoms with Crippen LogP contribution in [0.25, 0.3) is 0 Å². The van der Waals surface area contributed by atoms with Gasteiger partial charge in [-0.15, -0.1) is 0 Å². The zero-order valence-electron chi connectivity index (χ0n) is 9.59. The van der Waals surface area contributed by atoms with E-state index in [0.717, 1.165) is 12.8 Å². The second-order valence-electron chi connectivity index (χ2n) is 3.63. The molecular weight excluding hydrogens is 299 g/mol. The molecule has 0 amide bonds. The molecule has 0 aromatic rings. The maximum absolute atomic E-state index is 11.0. The van der Waals surface area contributed by atoms with E-state index in [1.165, 1.54) is 25.7 Å². The van der Waals surface area contributed by atoms with E-state index in [0.29, 0.717) is 17.5 Å². The molecule has 0 fully saturated rings. The van der Waals surface area contributed by atoms with E-state index in [2.05, 4.69) is 6.92 Å². The first-order chi connectivity index (χ1) is 7.31. The fraction of sp³-hybridized carbons (Fsp3) is 0.909. The van der Waals surface area contributed by atoms with Gasteiger partial charge in [0, 0.05) is 0 Å². The topological polar surface area (TPSA) is 43.4 Å². The zero-order valence-corrected chi connectivity index (χ0v) is 12.4. The predicted octanol–water partition coefficient (Wildman–Crippen LogP) is 2.75. The summed E-state index contributed by atoms with van der Waals surface area (Å²) in [5.74, 6) is -0.180. The Balaban J connectivity index is 3.09. The van der Waals surface area contributed by atoms with E-state index < -0.39 is 21.1 Å². The number of hydrogen-bond acceptors (Lipinski definition) is 3. The van der Waals surface area contributed by atoms with Crippen molar-refractivity contribution in [3.8, 4) is 0 Å². The molecule has 0 N–H and O–H groups in total. The first-order valence-electron chi connectivity index (χ1n) is 5.82. The Labute approximate surface area is 103 Å². The van der Waals surface area contributed by atoms with E-state index in [1.807, 2.05) is 0 Å². The number of rotatable bonds is 10. The standard InChI is InChI=1S/C11H21O2.O.Sn/c1-3-5-6-7-8-9-10-13-11(12)4-2;;/h2-10H2,1H3;;. The Morgan fingerprint density at radius 2 is 1.80 bits per heavy atom. The van der Waals surface area contributed by atoms with Crippen LogP contribution < -0.4 is 0 Å². The van der Waals surface area contributed by atoms with Crippen LogP contribution in [0.5, 0.6) is 0 Å². The van der Waals surface area contributed by atoms with Crippen molar-refractivity contribution in [2.24, 2.45) is 0 Å². The van der Waals surface area contributed by atoms with Crippen molar-refractivity contribution >= 4 is 27.1 Å². The fourth-order valence-electron chi connectivity index (χ4n) is 1.29. The Bertz CT molecular complexity index is 171. The molecule has 0 unspecified atom stereocenters. The van der Waals surface area contributed by atoms with Gasteiger partial charge in [-0.05, 0) is 0 Å². The molecule has 0 aliphatic heterocycles. The first kappa shape index (κ1) is 15.1. The second kappa shape index (κ2) is 12.1. The number of carbonyl (C=O) groups excluding carboxylic acids is 1. The molecule has 0 rings (SSSR count). The van der Waals surface area contributed by atoms with Crippen LogP contribution in [0.1, 0.15) is 51.9 Å². The Hall–Kier alpha value is 0.0687. The SMILES string of the molecule is CCCCCCCCOC(=O)C[CH2][Sn]=[O]. The molecule has 0 heterocycles. The summed E-state index contributed by atoms with van der Waals surface area (Å²) in [7, 11) is 0. The zero-order chi connectivity index (χ0) is 11.4. The minimum absolute atomic E-state index is 0.180. The summed E-state index contributed by atoms with van der Waals surface area (Å²) >= 11 is -1.45. The molecule has 3 nitrogen and oxygen atoms in total. The van der Waals surface area contributed by atoms with Crippen molar-refractivity contribution in [3.05, 3.63) is 0 Å².